The number of aromatic nitrogens is 1. The number of carbonyl (C=O) groups excluding carboxylic acids is 3. The summed E-state index contributed by atoms with van der Waals surface area (Å²) in [5.41, 5.74) is 2.47. The van der Waals surface area contributed by atoms with Crippen LogP contribution in [0.15, 0.2) is 24.3 Å². The highest BCUT2D eigenvalue weighted by Crippen LogP contribution is 2.26. The molecule has 0 aliphatic rings. The van der Waals surface area contributed by atoms with Crippen molar-refractivity contribution in [3.05, 3.63) is 52.3 Å². The Bertz CT molecular complexity index is 957. The lowest BCUT2D eigenvalue weighted by molar-refractivity contribution is 0.0565. The van der Waals surface area contributed by atoms with Gasteiger partial charge in [-0.2, -0.15) is 0 Å². The van der Waals surface area contributed by atoms with Crippen LogP contribution in [-0.2, 0) is 11.8 Å². The molecule has 0 spiro atoms. The smallest absolute Gasteiger partial charge is 0.354 e. The van der Waals surface area contributed by atoms with Crippen molar-refractivity contribution in [3.63, 3.8) is 0 Å². The molecule has 0 unspecified atom stereocenters. The minimum atomic E-state index is -0.718. The molecule has 30 heavy (non-hydrogen) atoms. The van der Waals surface area contributed by atoms with Gasteiger partial charge in [-0.1, -0.05) is 0 Å². The first-order chi connectivity index (χ1) is 14.1. The molecule has 0 fully saturated rings. The molecule has 0 radical (unpaired) electrons. The molecule has 0 saturated heterocycles. The van der Waals surface area contributed by atoms with E-state index < -0.39 is 12.0 Å². The third-order valence-electron chi connectivity index (χ3n) is 5.48. The van der Waals surface area contributed by atoms with Crippen molar-refractivity contribution in [1.82, 2.24) is 9.47 Å². The number of hydrogen-bond donors (Lipinski definition) is 0. The van der Waals surface area contributed by atoms with Crippen molar-refractivity contribution in [2.45, 2.75) is 46.7 Å². The molecule has 1 aromatic carbocycles. The quantitative estimate of drug-likeness (QED) is 0.511. The largest absolute Gasteiger partial charge is 0.497 e. The lowest BCUT2D eigenvalue weighted by Gasteiger charge is -2.32. The monoisotopic (exact) mass is 414 g/mol. The predicted octanol–water partition coefficient (Wildman–Crippen LogP) is 3.56. The van der Waals surface area contributed by atoms with E-state index in [9.17, 15) is 14.4 Å². The Morgan fingerprint density at radius 3 is 2.03 bits per heavy atom. The minimum absolute atomic E-state index is 0.206. The fourth-order valence-electron chi connectivity index (χ4n) is 3.80. The SMILES string of the molecule is COC(=O)c1c(C)c(C(=O)[C@@H](C)N(C(=O)c2ccc(OC)cc2)C(C)C)c(C)n1C. The first-order valence-electron chi connectivity index (χ1n) is 9.81. The van der Waals surface area contributed by atoms with Crippen LogP contribution >= 0.6 is 0 Å². The van der Waals surface area contributed by atoms with Gasteiger partial charge in [-0.3, -0.25) is 9.59 Å². The van der Waals surface area contributed by atoms with Crippen LogP contribution in [-0.4, -0.2) is 53.4 Å². The zero-order valence-electron chi connectivity index (χ0n) is 18.9. The molecule has 2 aromatic rings. The van der Waals surface area contributed by atoms with E-state index in [-0.39, 0.29) is 17.7 Å². The Morgan fingerprint density at radius 2 is 1.57 bits per heavy atom. The number of Topliss-reactive ketones (excluding diaryl/α,β-unsaturated/α-hetero) is 1. The van der Waals surface area contributed by atoms with Crippen LogP contribution in [0.5, 0.6) is 5.75 Å². The Labute approximate surface area is 177 Å². The number of ether oxygens (including phenoxy) is 2. The normalized spacial score (nSPS) is 11.9. The summed E-state index contributed by atoms with van der Waals surface area (Å²) in [5.74, 6) is -0.309. The first kappa shape index (κ1) is 23.2. The van der Waals surface area contributed by atoms with E-state index >= 15 is 0 Å². The molecule has 7 heteroatoms. The van der Waals surface area contributed by atoms with Gasteiger partial charge < -0.3 is 18.9 Å². The van der Waals surface area contributed by atoms with Crippen LogP contribution in [0, 0.1) is 13.8 Å². The van der Waals surface area contributed by atoms with Gasteiger partial charge in [0.2, 0.25) is 0 Å². The maximum Gasteiger partial charge on any atom is 0.354 e. The maximum absolute atomic E-state index is 13.5. The molecule has 0 N–H and O–H groups in total. The number of carbonyl (C=O) groups is 3. The van der Waals surface area contributed by atoms with E-state index in [1.165, 1.54) is 7.11 Å². The van der Waals surface area contributed by atoms with Gasteiger partial charge in [-0.25, -0.2) is 4.79 Å². The zero-order chi connectivity index (χ0) is 22.7. The van der Waals surface area contributed by atoms with Crippen LogP contribution < -0.4 is 4.74 Å². The average molecular weight is 415 g/mol. The Morgan fingerprint density at radius 1 is 1.00 bits per heavy atom. The minimum Gasteiger partial charge on any atom is -0.497 e. The second-order valence-electron chi connectivity index (χ2n) is 7.56. The van der Waals surface area contributed by atoms with Crippen LogP contribution in [0.1, 0.15) is 63.2 Å². The van der Waals surface area contributed by atoms with E-state index in [4.69, 9.17) is 9.47 Å². The molecular formula is C23H30N2O5. The second kappa shape index (κ2) is 9.15. The maximum atomic E-state index is 13.5. The predicted molar refractivity (Wildman–Crippen MR) is 114 cm³/mol. The van der Waals surface area contributed by atoms with Crippen LogP contribution in [0.25, 0.3) is 0 Å². The summed E-state index contributed by atoms with van der Waals surface area (Å²) >= 11 is 0. The number of nitrogens with zero attached hydrogens (tertiary/aromatic N) is 2. The topological polar surface area (TPSA) is 77.8 Å². The van der Waals surface area contributed by atoms with Gasteiger partial charge in [0.1, 0.15) is 11.4 Å². The Kier molecular flexibility index (Phi) is 7.08. The van der Waals surface area contributed by atoms with Gasteiger partial charge in [0.25, 0.3) is 5.91 Å². The molecule has 1 heterocycles. The molecule has 1 aromatic heterocycles. The lowest BCUT2D eigenvalue weighted by atomic mass is 9.98. The summed E-state index contributed by atoms with van der Waals surface area (Å²) in [6, 6.07) is 5.87. The van der Waals surface area contributed by atoms with Gasteiger partial charge >= 0.3 is 5.97 Å². The average Bonchev–Trinajstić information content (AvgIpc) is 2.95. The number of esters is 1. The number of benzene rings is 1. The second-order valence-corrected chi connectivity index (χ2v) is 7.56. The van der Waals surface area contributed by atoms with Gasteiger partial charge in [0.15, 0.2) is 5.78 Å². The van der Waals surface area contributed by atoms with Crippen LogP contribution in [0.3, 0.4) is 0 Å². The summed E-state index contributed by atoms with van der Waals surface area (Å²) in [4.78, 5) is 40.4. The standard InChI is InChI=1S/C23H30N2O5/c1-13(2)25(22(27)17-9-11-18(29-7)12-10-17)16(5)21(26)19-14(3)20(23(28)30-8)24(6)15(19)4/h9-13,16H,1-8H3/t16-/m1/s1. The lowest BCUT2D eigenvalue weighted by Crippen LogP contribution is -2.47. The Balaban J connectivity index is 2.45. The summed E-state index contributed by atoms with van der Waals surface area (Å²) in [6.45, 7) is 8.97. The van der Waals surface area contributed by atoms with Gasteiger partial charge in [-0.15, -0.1) is 0 Å². The van der Waals surface area contributed by atoms with Crippen molar-refractivity contribution < 1.29 is 23.9 Å². The molecule has 0 saturated carbocycles. The first-order valence-corrected chi connectivity index (χ1v) is 9.81. The molecule has 2 rings (SSSR count). The molecular weight excluding hydrogens is 384 g/mol. The van der Waals surface area contributed by atoms with Crippen LogP contribution in [0.2, 0.25) is 0 Å². The van der Waals surface area contributed by atoms with Crippen LogP contribution in [0.4, 0.5) is 0 Å². The molecule has 0 bridgehead atoms. The number of amides is 1. The molecule has 0 aliphatic heterocycles. The van der Waals surface area contributed by atoms with E-state index in [2.05, 4.69) is 0 Å². The fourth-order valence-corrected chi connectivity index (χ4v) is 3.80. The number of rotatable bonds is 7. The molecule has 162 valence electrons. The summed E-state index contributed by atoms with van der Waals surface area (Å²) in [5, 5.41) is 0. The summed E-state index contributed by atoms with van der Waals surface area (Å²) < 4.78 is 11.7. The molecule has 0 aliphatic carbocycles. The van der Waals surface area contributed by atoms with Crippen molar-refractivity contribution in [2.75, 3.05) is 14.2 Å². The highest BCUT2D eigenvalue weighted by Gasteiger charge is 2.34. The van der Waals surface area contributed by atoms with Gasteiger partial charge in [0.05, 0.1) is 20.3 Å². The van der Waals surface area contributed by atoms with Crippen molar-refractivity contribution >= 4 is 17.7 Å². The van der Waals surface area contributed by atoms with E-state index in [1.807, 2.05) is 13.8 Å². The van der Waals surface area contributed by atoms with E-state index in [0.717, 1.165) is 0 Å². The number of methoxy groups -OCH3 is 2. The zero-order valence-corrected chi connectivity index (χ0v) is 18.9. The van der Waals surface area contributed by atoms with Gasteiger partial charge in [-0.05, 0) is 64.4 Å². The van der Waals surface area contributed by atoms with Gasteiger partial charge in [0, 0.05) is 29.9 Å². The van der Waals surface area contributed by atoms with Crippen molar-refractivity contribution in [3.8, 4) is 5.75 Å². The number of hydrogen-bond acceptors (Lipinski definition) is 5. The fraction of sp³-hybridized carbons (Fsp3) is 0.435. The van der Waals surface area contributed by atoms with E-state index in [0.29, 0.717) is 33.8 Å². The molecule has 1 atom stereocenters. The van der Waals surface area contributed by atoms with Crippen molar-refractivity contribution in [2.24, 2.45) is 7.05 Å². The number of ketones is 1. The highest BCUT2D eigenvalue weighted by molar-refractivity contribution is 6.07. The summed E-state index contributed by atoms with van der Waals surface area (Å²) in [6.07, 6.45) is 0. The van der Waals surface area contributed by atoms with Crippen molar-refractivity contribution in [1.29, 1.82) is 0 Å². The summed E-state index contributed by atoms with van der Waals surface area (Å²) in [7, 11) is 4.59. The Hall–Kier alpha value is -3.09. The molecule has 1 amide bonds. The van der Waals surface area contributed by atoms with E-state index in [1.54, 1.807) is 68.7 Å². The molecule has 7 nitrogen and oxygen atoms in total. The highest BCUT2D eigenvalue weighted by atomic mass is 16.5. The third kappa shape index (κ3) is 4.10. The third-order valence-corrected chi connectivity index (χ3v) is 5.48.